The molecule has 1 aliphatic rings. The summed E-state index contributed by atoms with van der Waals surface area (Å²) in [5.41, 5.74) is 2.86. The summed E-state index contributed by atoms with van der Waals surface area (Å²) in [7, 11) is 0.189. The van der Waals surface area contributed by atoms with Gasteiger partial charge < -0.3 is 24.2 Å². The van der Waals surface area contributed by atoms with Crippen molar-refractivity contribution in [2.45, 2.75) is 69.8 Å². The van der Waals surface area contributed by atoms with E-state index in [2.05, 4.69) is 31.8 Å². The summed E-state index contributed by atoms with van der Waals surface area (Å²) in [5.74, 6) is 1.17. The lowest BCUT2D eigenvalue weighted by Crippen LogP contribution is -2.54. The van der Waals surface area contributed by atoms with Gasteiger partial charge in [0.25, 0.3) is 0 Å². The zero-order valence-corrected chi connectivity index (χ0v) is 27.0. The number of nitrogens with zero attached hydrogens (tertiary/aromatic N) is 1. The molecule has 0 radical (unpaired) electrons. The summed E-state index contributed by atoms with van der Waals surface area (Å²) >= 11 is 0. The van der Waals surface area contributed by atoms with Gasteiger partial charge in [-0.1, -0.05) is 80.3 Å². The molecule has 0 aliphatic carbocycles. The Kier molecular flexibility index (Phi) is 9.91. The van der Waals surface area contributed by atoms with Gasteiger partial charge in [0.2, 0.25) is 0 Å². The second-order valence-electron chi connectivity index (χ2n) is 12.8. The van der Waals surface area contributed by atoms with E-state index in [-0.39, 0.29) is 30.5 Å². The molecular formula is C36H42FNO5Si. The Morgan fingerprint density at radius 3 is 2.41 bits per heavy atom. The van der Waals surface area contributed by atoms with Crippen LogP contribution in [0.25, 0.3) is 10.8 Å². The van der Waals surface area contributed by atoms with Crippen LogP contribution in [-0.2, 0) is 18.0 Å². The highest BCUT2D eigenvalue weighted by Crippen LogP contribution is 2.38. The van der Waals surface area contributed by atoms with E-state index in [1.807, 2.05) is 60.7 Å². The Balaban J connectivity index is 1.45. The van der Waals surface area contributed by atoms with Crippen LogP contribution in [-0.4, -0.2) is 50.0 Å². The second kappa shape index (κ2) is 13.8. The van der Waals surface area contributed by atoms with Crippen molar-refractivity contribution in [1.82, 2.24) is 4.90 Å². The van der Waals surface area contributed by atoms with Crippen LogP contribution in [0.4, 0.5) is 9.18 Å². The molecule has 1 N–H and O–H groups in total. The van der Waals surface area contributed by atoms with Crippen molar-refractivity contribution in [2.24, 2.45) is 0 Å². The molecule has 0 bridgehead atoms. The Hall–Kier alpha value is -3.88. The number of ether oxygens (including phenoxy) is 3. The predicted octanol–water partition coefficient (Wildman–Crippen LogP) is 8.72. The minimum Gasteiger partial charge on any atom is -0.496 e. The summed E-state index contributed by atoms with van der Waals surface area (Å²) < 4.78 is 32.5. The lowest BCUT2D eigenvalue weighted by molar-refractivity contribution is -0.0578. The maximum atomic E-state index is 13.9. The maximum Gasteiger partial charge on any atom is 0.407 e. The topological polar surface area (TPSA) is 68.2 Å². The number of piperidine rings is 1. The van der Waals surface area contributed by atoms with Gasteiger partial charge in [-0.3, -0.25) is 0 Å². The van der Waals surface area contributed by atoms with Crippen LogP contribution in [0, 0.1) is 5.82 Å². The Labute approximate surface area is 260 Å². The third kappa shape index (κ3) is 7.60. The molecule has 1 aliphatic heterocycles. The first-order valence-electron chi connectivity index (χ1n) is 15.3. The van der Waals surface area contributed by atoms with Crippen molar-refractivity contribution < 1.29 is 28.5 Å². The standard InChI is InChI=1S/C36H42FNO5Si/c1-41-33-12-8-6-10-28(33)24-42-34-22-25(21-27-9-5-7-11-30(27)34)23-43-35-31(26-13-15-29(37)16-14-26)17-19-38(36(39)40)32(35)18-20-44(2,3)4/h5-16,21-22,31-32,35H,17-20,23-24H2,1-4H3,(H,39,40). The lowest BCUT2D eigenvalue weighted by atomic mass is 9.81. The third-order valence-corrected chi connectivity index (χ3v) is 10.3. The van der Waals surface area contributed by atoms with Crippen LogP contribution < -0.4 is 9.47 Å². The maximum absolute atomic E-state index is 13.9. The predicted molar refractivity (Wildman–Crippen MR) is 175 cm³/mol. The fraction of sp³-hybridized carbons (Fsp3) is 0.361. The molecule has 8 heteroatoms. The van der Waals surface area contributed by atoms with Crippen molar-refractivity contribution in [3.05, 3.63) is 107 Å². The average Bonchev–Trinajstić information content (AvgIpc) is 3.01. The molecule has 0 saturated carbocycles. The van der Waals surface area contributed by atoms with E-state index in [1.54, 1.807) is 12.0 Å². The van der Waals surface area contributed by atoms with Crippen molar-refractivity contribution in [1.29, 1.82) is 0 Å². The summed E-state index contributed by atoms with van der Waals surface area (Å²) in [5, 5.41) is 12.2. The van der Waals surface area contributed by atoms with Crippen LogP contribution >= 0.6 is 0 Å². The number of rotatable bonds is 11. The fourth-order valence-electron chi connectivity index (χ4n) is 6.19. The van der Waals surface area contributed by atoms with Crippen molar-refractivity contribution in [3.63, 3.8) is 0 Å². The lowest BCUT2D eigenvalue weighted by Gasteiger charge is -2.45. The highest BCUT2D eigenvalue weighted by atomic mass is 28.3. The quantitative estimate of drug-likeness (QED) is 0.171. The first kappa shape index (κ1) is 31.5. The zero-order chi connectivity index (χ0) is 31.3. The minimum atomic E-state index is -1.46. The second-order valence-corrected chi connectivity index (χ2v) is 18.4. The molecule has 232 valence electrons. The van der Waals surface area contributed by atoms with Gasteiger partial charge in [0.05, 0.1) is 25.9 Å². The fourth-order valence-corrected chi connectivity index (χ4v) is 7.36. The van der Waals surface area contributed by atoms with Crippen LogP contribution in [0.3, 0.4) is 0 Å². The van der Waals surface area contributed by atoms with Gasteiger partial charge in [-0.05, 0) is 59.7 Å². The number of fused-ring (bicyclic) bond motifs is 1. The molecule has 1 fully saturated rings. The van der Waals surface area contributed by atoms with Gasteiger partial charge >= 0.3 is 6.09 Å². The number of hydrogen-bond donors (Lipinski definition) is 1. The smallest absolute Gasteiger partial charge is 0.407 e. The van der Waals surface area contributed by atoms with Gasteiger partial charge in [-0.15, -0.1) is 0 Å². The number of carboxylic acid groups (broad SMARTS) is 1. The van der Waals surface area contributed by atoms with Gasteiger partial charge in [0.1, 0.15) is 23.9 Å². The third-order valence-electron chi connectivity index (χ3n) is 8.49. The van der Waals surface area contributed by atoms with E-state index >= 15 is 0 Å². The van der Waals surface area contributed by atoms with E-state index < -0.39 is 14.2 Å². The number of benzene rings is 4. The Bertz CT molecular complexity index is 1570. The number of halogens is 1. The normalized spacial score (nSPS) is 18.8. The molecule has 4 aromatic carbocycles. The van der Waals surface area contributed by atoms with Gasteiger partial charge in [0.15, 0.2) is 0 Å². The van der Waals surface area contributed by atoms with E-state index in [9.17, 15) is 14.3 Å². The molecule has 5 rings (SSSR count). The van der Waals surface area contributed by atoms with Gasteiger partial charge in [0, 0.05) is 31.5 Å². The van der Waals surface area contributed by atoms with Gasteiger partial charge in [-0.25, -0.2) is 9.18 Å². The molecule has 1 amide bonds. The van der Waals surface area contributed by atoms with Gasteiger partial charge in [-0.2, -0.15) is 0 Å². The van der Waals surface area contributed by atoms with E-state index in [0.717, 1.165) is 51.4 Å². The van der Waals surface area contributed by atoms with E-state index in [1.165, 1.54) is 12.1 Å². The monoisotopic (exact) mass is 615 g/mol. The van der Waals surface area contributed by atoms with E-state index in [4.69, 9.17) is 14.2 Å². The highest BCUT2D eigenvalue weighted by molar-refractivity contribution is 6.76. The van der Waals surface area contributed by atoms with Crippen molar-refractivity contribution >= 4 is 24.9 Å². The SMILES string of the molecule is COc1ccccc1COc1cc(COC2C(c3ccc(F)cc3)CCN(C(=O)O)C2CC[Si](C)(C)C)cc2ccccc12. The molecule has 4 aromatic rings. The number of methoxy groups -OCH3 is 1. The molecule has 1 saturated heterocycles. The summed E-state index contributed by atoms with van der Waals surface area (Å²) in [6.45, 7) is 7.96. The molecule has 0 aromatic heterocycles. The molecule has 44 heavy (non-hydrogen) atoms. The van der Waals surface area contributed by atoms with E-state index in [0.29, 0.717) is 19.6 Å². The molecule has 0 spiro atoms. The first-order valence-corrected chi connectivity index (χ1v) is 19.0. The number of hydrogen-bond acceptors (Lipinski definition) is 4. The minimum absolute atomic E-state index is 0.0560. The molecule has 6 nitrogen and oxygen atoms in total. The average molecular weight is 616 g/mol. The first-order chi connectivity index (χ1) is 21.1. The molecular weight excluding hydrogens is 573 g/mol. The van der Waals surface area contributed by atoms with Crippen molar-refractivity contribution in [3.8, 4) is 11.5 Å². The van der Waals surface area contributed by atoms with Crippen LogP contribution in [0.2, 0.25) is 25.7 Å². The summed E-state index contributed by atoms with van der Waals surface area (Å²) in [4.78, 5) is 14.0. The Morgan fingerprint density at radius 1 is 0.955 bits per heavy atom. The number of para-hydroxylation sites is 1. The number of amides is 1. The van der Waals surface area contributed by atoms with Crippen LogP contribution in [0.1, 0.15) is 35.4 Å². The number of likely N-dealkylation sites (tertiary alicyclic amines) is 1. The Morgan fingerprint density at radius 2 is 1.68 bits per heavy atom. The van der Waals surface area contributed by atoms with Crippen LogP contribution in [0.15, 0.2) is 84.9 Å². The molecule has 1 heterocycles. The van der Waals surface area contributed by atoms with Crippen molar-refractivity contribution in [2.75, 3.05) is 13.7 Å². The largest absolute Gasteiger partial charge is 0.496 e. The summed E-state index contributed by atoms with van der Waals surface area (Å²) in [6.07, 6.45) is 0.0346. The highest BCUT2D eigenvalue weighted by Gasteiger charge is 2.42. The van der Waals surface area contributed by atoms with Crippen LogP contribution in [0.5, 0.6) is 11.5 Å². The molecule has 3 unspecified atom stereocenters. The molecule has 3 atom stereocenters. The zero-order valence-electron chi connectivity index (χ0n) is 26.0. The summed E-state index contributed by atoms with van der Waals surface area (Å²) in [6, 6.07) is 27.3. The number of carbonyl (C=O) groups is 1.